The lowest BCUT2D eigenvalue weighted by Gasteiger charge is -2.02. The molecule has 1 aliphatic rings. The smallest absolute Gasteiger partial charge is 0.150 e. The van der Waals surface area contributed by atoms with E-state index in [-0.39, 0.29) is 6.29 Å². The Kier molecular flexibility index (Phi) is 3.77. The molecule has 3 heteroatoms. The molecule has 0 aliphatic carbocycles. The molecule has 0 spiro atoms. The minimum absolute atomic E-state index is 0.132. The van der Waals surface area contributed by atoms with Crippen molar-refractivity contribution < 1.29 is 0 Å². The molecule has 1 atom stereocenters. The molecule has 0 saturated heterocycles. The second-order valence-corrected chi connectivity index (χ2v) is 3.00. The monoisotopic (exact) mass is 193 g/mol. The topological polar surface area (TPSA) is 50.1 Å². The number of hydrogen-bond donors (Lipinski definition) is 3. The zero-order valence-electron chi connectivity index (χ0n) is 9.09. The molecule has 4 N–H and O–H groups in total. The van der Waals surface area contributed by atoms with Crippen molar-refractivity contribution in [2.45, 2.75) is 33.5 Å². The van der Waals surface area contributed by atoms with E-state index in [0.717, 1.165) is 17.8 Å². The fraction of sp³-hybridized carbons (Fsp3) is 0.455. The summed E-state index contributed by atoms with van der Waals surface area (Å²) in [6, 6.07) is 6.31. The van der Waals surface area contributed by atoms with E-state index < -0.39 is 0 Å². The first-order valence-corrected chi connectivity index (χ1v) is 5.21. The third-order valence-corrected chi connectivity index (χ3v) is 2.11. The number of rotatable bonds is 1. The molecule has 78 valence electrons. The van der Waals surface area contributed by atoms with Crippen LogP contribution >= 0.6 is 0 Å². The minimum Gasteiger partial charge on any atom is -0.352 e. The Morgan fingerprint density at radius 3 is 2.50 bits per heavy atom. The van der Waals surface area contributed by atoms with Gasteiger partial charge < -0.3 is 10.6 Å². The van der Waals surface area contributed by atoms with Gasteiger partial charge in [-0.05, 0) is 24.1 Å². The number of nitrogens with two attached hydrogens (primary N) is 1. The van der Waals surface area contributed by atoms with Gasteiger partial charge in [-0.25, -0.2) is 0 Å². The standard InChI is InChI=1S/C9H13N3.C2H6/c1-2-6-3-4-7-8(5-6)12-9(10)11-7;1-2/h3-5,9,11-12H,2,10H2,1H3;1-2H3. The maximum atomic E-state index is 5.65. The van der Waals surface area contributed by atoms with Gasteiger partial charge in [0, 0.05) is 0 Å². The molecule has 0 bridgehead atoms. The van der Waals surface area contributed by atoms with Crippen LogP contribution < -0.4 is 16.4 Å². The Morgan fingerprint density at radius 2 is 1.86 bits per heavy atom. The predicted octanol–water partition coefficient (Wildman–Crippen LogP) is 2.35. The highest BCUT2D eigenvalue weighted by atomic mass is 15.3. The van der Waals surface area contributed by atoms with Gasteiger partial charge in [0.05, 0.1) is 11.4 Å². The molecule has 0 aromatic heterocycles. The van der Waals surface area contributed by atoms with Crippen molar-refractivity contribution in [1.82, 2.24) is 0 Å². The molecule has 0 saturated carbocycles. The van der Waals surface area contributed by atoms with Gasteiger partial charge in [0.15, 0.2) is 6.29 Å². The molecule has 14 heavy (non-hydrogen) atoms. The van der Waals surface area contributed by atoms with Gasteiger partial charge in [-0.15, -0.1) is 0 Å². The van der Waals surface area contributed by atoms with Crippen molar-refractivity contribution in [2.24, 2.45) is 5.73 Å². The van der Waals surface area contributed by atoms with Crippen LogP contribution in [0.5, 0.6) is 0 Å². The summed E-state index contributed by atoms with van der Waals surface area (Å²) in [5, 5.41) is 6.25. The molecule has 2 rings (SSSR count). The number of hydrogen-bond acceptors (Lipinski definition) is 3. The van der Waals surface area contributed by atoms with Crippen molar-refractivity contribution >= 4 is 11.4 Å². The normalized spacial score (nSPS) is 17.3. The van der Waals surface area contributed by atoms with Crippen LogP contribution in [0.25, 0.3) is 0 Å². The second-order valence-electron chi connectivity index (χ2n) is 3.00. The molecule has 1 aromatic carbocycles. The van der Waals surface area contributed by atoms with Crippen molar-refractivity contribution in [3.63, 3.8) is 0 Å². The zero-order chi connectivity index (χ0) is 10.6. The van der Waals surface area contributed by atoms with Gasteiger partial charge in [0.1, 0.15) is 0 Å². The highest BCUT2D eigenvalue weighted by Gasteiger charge is 2.14. The van der Waals surface area contributed by atoms with E-state index in [0.29, 0.717) is 0 Å². The highest BCUT2D eigenvalue weighted by molar-refractivity contribution is 5.74. The van der Waals surface area contributed by atoms with E-state index in [2.05, 4.69) is 35.8 Å². The number of fused-ring (bicyclic) bond motifs is 1. The summed E-state index contributed by atoms with van der Waals surface area (Å²) in [4.78, 5) is 0. The summed E-state index contributed by atoms with van der Waals surface area (Å²) in [5.41, 5.74) is 9.19. The van der Waals surface area contributed by atoms with E-state index in [1.54, 1.807) is 0 Å². The van der Waals surface area contributed by atoms with Gasteiger partial charge in [0.2, 0.25) is 0 Å². The van der Waals surface area contributed by atoms with Crippen LogP contribution in [0, 0.1) is 0 Å². The maximum Gasteiger partial charge on any atom is 0.150 e. The van der Waals surface area contributed by atoms with Crippen molar-refractivity contribution in [2.75, 3.05) is 10.6 Å². The van der Waals surface area contributed by atoms with Crippen LogP contribution in [0.2, 0.25) is 0 Å². The van der Waals surface area contributed by atoms with E-state index in [1.807, 2.05) is 13.8 Å². The first kappa shape index (κ1) is 10.9. The molecule has 0 amide bonds. The van der Waals surface area contributed by atoms with Crippen LogP contribution in [0.15, 0.2) is 18.2 Å². The van der Waals surface area contributed by atoms with Gasteiger partial charge in [-0.3, -0.25) is 5.73 Å². The molecule has 3 nitrogen and oxygen atoms in total. The van der Waals surface area contributed by atoms with E-state index in [9.17, 15) is 0 Å². The number of anilines is 2. The van der Waals surface area contributed by atoms with Gasteiger partial charge >= 0.3 is 0 Å². The number of aryl methyl sites for hydroxylation is 1. The number of benzene rings is 1. The lowest BCUT2D eigenvalue weighted by atomic mass is 10.1. The van der Waals surface area contributed by atoms with Crippen LogP contribution in [0.4, 0.5) is 11.4 Å². The molecular formula is C11H19N3. The van der Waals surface area contributed by atoms with E-state index >= 15 is 0 Å². The van der Waals surface area contributed by atoms with Gasteiger partial charge in [-0.2, -0.15) is 0 Å². The molecule has 1 unspecified atom stereocenters. The van der Waals surface area contributed by atoms with E-state index in [1.165, 1.54) is 5.56 Å². The fourth-order valence-electron chi connectivity index (χ4n) is 1.43. The average Bonchev–Trinajstić information content (AvgIpc) is 2.59. The first-order chi connectivity index (χ1) is 6.79. The largest absolute Gasteiger partial charge is 0.352 e. The van der Waals surface area contributed by atoms with Crippen LogP contribution in [0.3, 0.4) is 0 Å². The SMILES string of the molecule is CC.CCc1ccc2c(c1)NC(N)N2. The van der Waals surface area contributed by atoms with Crippen LogP contribution in [0.1, 0.15) is 26.3 Å². The molecule has 1 heterocycles. The Hall–Kier alpha value is -1.22. The van der Waals surface area contributed by atoms with Crippen molar-refractivity contribution in [3.05, 3.63) is 23.8 Å². The molecule has 0 radical (unpaired) electrons. The van der Waals surface area contributed by atoms with Crippen LogP contribution in [-0.2, 0) is 6.42 Å². The number of nitrogens with one attached hydrogen (secondary N) is 2. The highest BCUT2D eigenvalue weighted by Crippen LogP contribution is 2.28. The second kappa shape index (κ2) is 4.86. The summed E-state index contributed by atoms with van der Waals surface area (Å²) in [6.07, 6.45) is 0.927. The summed E-state index contributed by atoms with van der Waals surface area (Å²) < 4.78 is 0. The summed E-state index contributed by atoms with van der Waals surface area (Å²) >= 11 is 0. The van der Waals surface area contributed by atoms with Crippen molar-refractivity contribution in [3.8, 4) is 0 Å². The van der Waals surface area contributed by atoms with Crippen LogP contribution in [-0.4, -0.2) is 6.29 Å². The summed E-state index contributed by atoms with van der Waals surface area (Å²) in [5.74, 6) is 0. The summed E-state index contributed by atoms with van der Waals surface area (Å²) in [6.45, 7) is 6.14. The molecular weight excluding hydrogens is 174 g/mol. The third kappa shape index (κ3) is 2.17. The lowest BCUT2D eigenvalue weighted by molar-refractivity contribution is 0.902. The quantitative estimate of drug-likeness (QED) is 0.641. The summed E-state index contributed by atoms with van der Waals surface area (Å²) in [7, 11) is 0. The first-order valence-electron chi connectivity index (χ1n) is 5.21. The lowest BCUT2D eigenvalue weighted by Crippen LogP contribution is -2.31. The Bertz CT molecular complexity index is 297. The van der Waals surface area contributed by atoms with Gasteiger partial charge in [-0.1, -0.05) is 26.8 Å². The molecule has 0 fully saturated rings. The Balaban J connectivity index is 0.000000461. The van der Waals surface area contributed by atoms with E-state index in [4.69, 9.17) is 5.73 Å². The predicted molar refractivity (Wildman–Crippen MR) is 62.4 cm³/mol. The third-order valence-electron chi connectivity index (χ3n) is 2.11. The maximum absolute atomic E-state index is 5.65. The Morgan fingerprint density at radius 1 is 1.21 bits per heavy atom. The molecule has 1 aliphatic heterocycles. The van der Waals surface area contributed by atoms with Crippen molar-refractivity contribution in [1.29, 1.82) is 0 Å². The molecule has 1 aromatic rings. The Labute approximate surface area is 85.7 Å². The average molecular weight is 193 g/mol. The zero-order valence-corrected chi connectivity index (χ0v) is 9.09. The minimum atomic E-state index is -0.132. The fourth-order valence-corrected chi connectivity index (χ4v) is 1.43. The van der Waals surface area contributed by atoms with Gasteiger partial charge in [0.25, 0.3) is 0 Å².